The lowest BCUT2D eigenvalue weighted by Crippen LogP contribution is -2.21. The van der Waals surface area contributed by atoms with Crippen LogP contribution in [0.1, 0.15) is 13.3 Å². The monoisotopic (exact) mass is 372 g/mol. The predicted octanol–water partition coefficient (Wildman–Crippen LogP) is 4.89. The van der Waals surface area contributed by atoms with Crippen LogP contribution in [0, 0.1) is 0 Å². The molecule has 0 aliphatic carbocycles. The Labute approximate surface area is 142 Å². The van der Waals surface area contributed by atoms with E-state index >= 15 is 0 Å². The highest BCUT2D eigenvalue weighted by Crippen LogP contribution is 2.49. The summed E-state index contributed by atoms with van der Waals surface area (Å²) in [5.74, 6) is -0.773. The van der Waals surface area contributed by atoms with E-state index in [0.717, 1.165) is 16.3 Å². The number of hydrogen-bond acceptors (Lipinski definition) is 3. The van der Waals surface area contributed by atoms with E-state index in [1.54, 1.807) is 25.1 Å². The lowest BCUT2D eigenvalue weighted by Gasteiger charge is -2.18. The van der Waals surface area contributed by atoms with Crippen LogP contribution in [0.3, 0.4) is 0 Å². The molecule has 8 heteroatoms. The van der Waals surface area contributed by atoms with Crippen LogP contribution in [0.2, 0.25) is 10.0 Å². The van der Waals surface area contributed by atoms with Gasteiger partial charge in [0, 0.05) is 32.4 Å². The first-order valence-corrected chi connectivity index (χ1v) is 9.40. The Kier molecular flexibility index (Phi) is 4.34. The Hall–Kier alpha value is -1.23. The highest BCUT2D eigenvalue weighted by Gasteiger charge is 2.30. The quantitative estimate of drug-likeness (QED) is 0.569. The van der Waals surface area contributed by atoms with Crippen molar-refractivity contribution in [3.8, 4) is 5.75 Å². The van der Waals surface area contributed by atoms with Crippen molar-refractivity contribution in [1.29, 1.82) is 0 Å². The van der Waals surface area contributed by atoms with Crippen LogP contribution in [-0.2, 0) is 4.57 Å². The number of nitrogens with one attached hydrogen (secondary N) is 1. The molecule has 0 bridgehead atoms. The van der Waals surface area contributed by atoms with Crippen LogP contribution in [0.25, 0.3) is 21.8 Å². The molecule has 1 heterocycles. The third-order valence-corrected chi connectivity index (χ3v) is 5.78. The van der Waals surface area contributed by atoms with Crippen molar-refractivity contribution in [3.05, 3.63) is 40.4 Å². The molecule has 0 fully saturated rings. The summed E-state index contributed by atoms with van der Waals surface area (Å²) in [6, 6.07) is 8.62. The van der Waals surface area contributed by atoms with Gasteiger partial charge in [0.15, 0.2) is 5.75 Å². The zero-order valence-corrected chi connectivity index (χ0v) is 14.6. The molecule has 3 aromatic rings. The Bertz CT molecular complexity index is 941. The largest absolute Gasteiger partial charge is 0.421 e. The van der Waals surface area contributed by atoms with E-state index in [9.17, 15) is 9.46 Å². The maximum absolute atomic E-state index is 12.3. The number of benzene rings is 2. The van der Waals surface area contributed by atoms with E-state index in [0.29, 0.717) is 22.0 Å². The molecular weight excluding hydrogens is 358 g/mol. The van der Waals surface area contributed by atoms with Crippen LogP contribution < -0.4 is 10.3 Å². The predicted molar refractivity (Wildman–Crippen MR) is 94.5 cm³/mol. The number of fused-ring (bicyclic) bond motifs is 3. The zero-order valence-electron chi connectivity index (χ0n) is 12.2. The lowest BCUT2D eigenvalue weighted by molar-refractivity contribution is 0.365. The van der Waals surface area contributed by atoms with Crippen molar-refractivity contribution in [3.63, 3.8) is 0 Å². The summed E-state index contributed by atoms with van der Waals surface area (Å²) in [5, 5.41) is 2.59. The molecule has 0 spiro atoms. The normalized spacial score (nSPS) is 15.7. The molecule has 0 saturated heterocycles. The van der Waals surface area contributed by atoms with Crippen LogP contribution in [-0.4, -0.2) is 15.7 Å². The van der Waals surface area contributed by atoms with Gasteiger partial charge in [-0.1, -0.05) is 30.1 Å². The maximum Gasteiger partial charge on any atom is 0.393 e. The van der Waals surface area contributed by atoms with Gasteiger partial charge in [-0.05, 0) is 30.7 Å². The average molecular weight is 373 g/mol. The maximum atomic E-state index is 12.3. The number of H-pyrrole nitrogens is 1. The molecule has 0 saturated carbocycles. The second-order valence-corrected chi connectivity index (χ2v) is 8.12. The summed E-state index contributed by atoms with van der Waals surface area (Å²) >= 11 is 12.2. The van der Waals surface area contributed by atoms with Crippen LogP contribution >= 0.6 is 30.8 Å². The molecule has 4 N–H and O–H groups in total. The van der Waals surface area contributed by atoms with E-state index < -0.39 is 13.4 Å². The zero-order chi connectivity index (χ0) is 16.8. The van der Waals surface area contributed by atoms with E-state index in [2.05, 4.69) is 4.98 Å². The van der Waals surface area contributed by atoms with Gasteiger partial charge in [0.2, 0.25) is 0 Å². The average Bonchev–Trinajstić information content (AvgIpc) is 2.84. The van der Waals surface area contributed by atoms with Crippen LogP contribution in [0.5, 0.6) is 5.75 Å². The third-order valence-electron chi connectivity index (χ3n) is 3.66. The van der Waals surface area contributed by atoms with Gasteiger partial charge in [-0.2, -0.15) is 0 Å². The molecule has 0 radical (unpaired) electrons. The molecule has 2 atom stereocenters. The minimum absolute atomic E-state index is 0.189. The molecule has 0 amide bonds. The number of aromatic nitrogens is 1. The van der Waals surface area contributed by atoms with E-state index in [-0.39, 0.29) is 5.75 Å². The smallest absolute Gasteiger partial charge is 0.393 e. The highest BCUT2D eigenvalue weighted by molar-refractivity contribution is 7.54. The molecule has 0 aliphatic heterocycles. The number of aromatic amines is 1. The fourth-order valence-corrected chi connectivity index (χ4v) is 3.82. The van der Waals surface area contributed by atoms with E-state index in [4.69, 9.17) is 33.5 Å². The summed E-state index contributed by atoms with van der Waals surface area (Å²) in [6.07, 6.45) is 0.319. The van der Waals surface area contributed by atoms with Gasteiger partial charge in [0.1, 0.15) is 5.78 Å². The number of rotatable bonds is 4. The highest BCUT2D eigenvalue weighted by atomic mass is 35.5. The summed E-state index contributed by atoms with van der Waals surface area (Å²) in [5.41, 5.74) is 7.07. The summed E-state index contributed by atoms with van der Waals surface area (Å²) in [7, 11) is -4.01. The molecule has 122 valence electrons. The van der Waals surface area contributed by atoms with Gasteiger partial charge in [-0.15, -0.1) is 0 Å². The Morgan fingerprint density at radius 2 is 1.96 bits per heavy atom. The first-order chi connectivity index (χ1) is 10.8. The Morgan fingerprint density at radius 3 is 2.65 bits per heavy atom. The summed E-state index contributed by atoms with van der Waals surface area (Å²) in [4.78, 5) is 13.2. The standard InChI is InChI=1S/C15H15Cl2N2O3P/c1-2-14(18)23(20,21)22-13-7-9(17)6-11-10-5-8(16)3-4-12(10)19-15(11)13/h3-7,14,19H,2,18H2,1H3,(H,20,21). The molecular formula is C15H15Cl2N2O3P. The first-order valence-electron chi connectivity index (χ1n) is 7.00. The second-order valence-electron chi connectivity index (χ2n) is 5.27. The fourth-order valence-electron chi connectivity index (χ4n) is 2.42. The minimum atomic E-state index is -4.01. The van der Waals surface area contributed by atoms with Gasteiger partial charge in [-0.25, -0.2) is 4.57 Å². The number of hydrogen-bond donors (Lipinski definition) is 3. The SMILES string of the molecule is CCC(N)P(=O)(O)Oc1cc(Cl)cc2c1[nH]c1ccc(Cl)cc12. The molecule has 1 aromatic heterocycles. The van der Waals surface area contributed by atoms with Gasteiger partial charge in [0.25, 0.3) is 0 Å². The second kappa shape index (κ2) is 6.00. The summed E-state index contributed by atoms with van der Waals surface area (Å²) in [6.45, 7) is 1.72. The summed E-state index contributed by atoms with van der Waals surface area (Å²) < 4.78 is 17.6. The fraction of sp³-hybridized carbons (Fsp3) is 0.200. The van der Waals surface area contributed by atoms with Crippen LogP contribution in [0.15, 0.2) is 30.3 Å². The lowest BCUT2D eigenvalue weighted by atomic mass is 10.1. The van der Waals surface area contributed by atoms with Crippen molar-refractivity contribution in [2.45, 2.75) is 19.1 Å². The molecule has 3 rings (SSSR count). The topological polar surface area (TPSA) is 88.3 Å². The number of nitrogens with two attached hydrogens (primary N) is 1. The Morgan fingerprint density at radius 1 is 1.26 bits per heavy atom. The van der Waals surface area contributed by atoms with Crippen molar-refractivity contribution < 1.29 is 14.0 Å². The van der Waals surface area contributed by atoms with Gasteiger partial charge < -0.3 is 20.1 Å². The minimum Gasteiger partial charge on any atom is -0.421 e. The van der Waals surface area contributed by atoms with Crippen molar-refractivity contribution >= 4 is 52.6 Å². The molecule has 2 unspecified atom stereocenters. The molecule has 2 aromatic carbocycles. The van der Waals surface area contributed by atoms with Crippen molar-refractivity contribution in [2.75, 3.05) is 0 Å². The van der Waals surface area contributed by atoms with Crippen LogP contribution in [0.4, 0.5) is 0 Å². The molecule has 23 heavy (non-hydrogen) atoms. The third kappa shape index (κ3) is 3.08. The van der Waals surface area contributed by atoms with Crippen molar-refractivity contribution in [2.24, 2.45) is 5.73 Å². The first kappa shape index (κ1) is 16.6. The van der Waals surface area contributed by atoms with Gasteiger partial charge in [-0.3, -0.25) is 0 Å². The number of halogens is 2. The van der Waals surface area contributed by atoms with Gasteiger partial charge >= 0.3 is 7.60 Å². The van der Waals surface area contributed by atoms with E-state index in [1.165, 1.54) is 6.07 Å². The van der Waals surface area contributed by atoms with Crippen molar-refractivity contribution in [1.82, 2.24) is 4.98 Å². The molecule has 5 nitrogen and oxygen atoms in total. The van der Waals surface area contributed by atoms with E-state index in [1.807, 2.05) is 6.07 Å². The van der Waals surface area contributed by atoms with Gasteiger partial charge in [0.05, 0.1) is 5.52 Å². The molecule has 0 aliphatic rings. The Balaban J connectivity index is 2.21.